The molecule has 4 nitrogen and oxygen atoms in total. The van der Waals surface area contributed by atoms with Crippen LogP contribution in [-0.2, 0) is 11.0 Å². The summed E-state index contributed by atoms with van der Waals surface area (Å²) in [5, 5.41) is 2.49. The van der Waals surface area contributed by atoms with Gasteiger partial charge < -0.3 is 14.8 Å². The number of unbranched alkanes of at least 4 members (excludes halogenated alkanes) is 1. The van der Waals surface area contributed by atoms with Crippen molar-refractivity contribution in [1.82, 2.24) is 0 Å². The Kier molecular flexibility index (Phi) is 5.63. The number of carbonyl (C=O) groups is 1. The van der Waals surface area contributed by atoms with E-state index in [1.165, 1.54) is 13.2 Å². The van der Waals surface area contributed by atoms with E-state index in [4.69, 9.17) is 9.47 Å². The fraction of sp³-hybridized carbons (Fsp3) is 0.286. The maximum absolute atomic E-state index is 12.9. The molecule has 0 bridgehead atoms. The van der Waals surface area contributed by atoms with E-state index in [2.05, 4.69) is 12.2 Å². The summed E-state index contributed by atoms with van der Waals surface area (Å²) in [4.78, 5) is 12.3. The largest absolute Gasteiger partial charge is 0.493 e. The van der Waals surface area contributed by atoms with Crippen LogP contribution in [0.2, 0.25) is 0 Å². The lowest BCUT2D eigenvalue weighted by Crippen LogP contribution is -2.06. The Morgan fingerprint density at radius 3 is 2.57 bits per heavy atom. The third-order valence-electron chi connectivity index (χ3n) is 4.38. The van der Waals surface area contributed by atoms with Gasteiger partial charge in [-0.15, -0.1) is 0 Å². The molecule has 0 spiro atoms. The van der Waals surface area contributed by atoms with Gasteiger partial charge in [0.25, 0.3) is 5.91 Å². The van der Waals surface area contributed by atoms with E-state index in [0.29, 0.717) is 34.8 Å². The van der Waals surface area contributed by atoms with Crippen molar-refractivity contribution in [2.45, 2.75) is 25.9 Å². The van der Waals surface area contributed by atoms with Crippen molar-refractivity contribution in [3.63, 3.8) is 0 Å². The average Bonchev–Trinajstić information content (AvgIpc) is 2.96. The van der Waals surface area contributed by atoms with Crippen LogP contribution in [0.5, 0.6) is 11.5 Å². The van der Waals surface area contributed by atoms with Crippen LogP contribution >= 0.6 is 0 Å². The first-order valence-electron chi connectivity index (χ1n) is 8.89. The Labute approximate surface area is 161 Å². The predicted molar refractivity (Wildman–Crippen MR) is 101 cm³/mol. The van der Waals surface area contributed by atoms with Gasteiger partial charge in [0.2, 0.25) is 0 Å². The quantitative estimate of drug-likeness (QED) is 0.531. The number of benzene rings is 2. The van der Waals surface area contributed by atoms with Gasteiger partial charge in [-0.1, -0.05) is 25.5 Å². The molecule has 0 atom stereocenters. The number of methoxy groups -OCH3 is 1. The number of fused-ring (bicyclic) bond motifs is 1. The van der Waals surface area contributed by atoms with Crippen molar-refractivity contribution in [2.24, 2.45) is 0 Å². The molecule has 0 aromatic heterocycles. The number of ether oxygens (including phenoxy) is 2. The van der Waals surface area contributed by atoms with Gasteiger partial charge in [0.05, 0.1) is 19.3 Å². The molecular weight excluding hydrogens is 371 g/mol. The number of alkyl halides is 3. The Bertz CT molecular complexity index is 920. The minimum Gasteiger partial charge on any atom is -0.493 e. The highest BCUT2D eigenvalue weighted by atomic mass is 19.4. The molecule has 1 N–H and O–H groups in total. The van der Waals surface area contributed by atoms with E-state index in [9.17, 15) is 18.0 Å². The second-order valence-corrected chi connectivity index (χ2v) is 6.38. The molecule has 0 fully saturated rings. The van der Waals surface area contributed by atoms with E-state index in [0.717, 1.165) is 25.0 Å². The lowest BCUT2D eigenvalue weighted by molar-refractivity contribution is -0.137. The van der Waals surface area contributed by atoms with Crippen molar-refractivity contribution < 1.29 is 27.4 Å². The first kappa shape index (κ1) is 19.8. The summed E-state index contributed by atoms with van der Waals surface area (Å²) in [6.07, 6.45) is -0.914. The molecule has 1 aliphatic heterocycles. The van der Waals surface area contributed by atoms with Gasteiger partial charge in [0, 0.05) is 16.8 Å². The Morgan fingerprint density at radius 2 is 1.89 bits per heavy atom. The van der Waals surface area contributed by atoms with Gasteiger partial charge in [-0.25, -0.2) is 0 Å². The molecule has 7 heteroatoms. The van der Waals surface area contributed by atoms with Gasteiger partial charge in [-0.3, -0.25) is 4.79 Å². The second-order valence-electron chi connectivity index (χ2n) is 6.38. The van der Waals surface area contributed by atoms with Crippen LogP contribution in [0, 0.1) is 0 Å². The molecular formula is C21H20F3NO3. The smallest absolute Gasteiger partial charge is 0.416 e. The molecule has 0 unspecified atom stereocenters. The molecule has 0 aliphatic carbocycles. The minimum absolute atomic E-state index is 0.151. The highest BCUT2D eigenvalue weighted by Gasteiger charge is 2.33. The molecule has 0 saturated heterocycles. The standard InChI is InChI=1S/C21H20F3NO3/c1-3-4-9-28-18-8-5-13(11-19(18)27-2)10-16-15-7-6-14(21(22,23)24)12-17(15)25-20(16)26/h5-8,10-12H,3-4,9H2,1-2H3,(H,25,26)/b16-10+. The number of amides is 1. The SMILES string of the molecule is CCCCOc1ccc(/C=C2/C(=O)Nc3cc(C(F)(F)F)ccc32)cc1OC. The highest BCUT2D eigenvalue weighted by molar-refractivity contribution is 6.34. The fourth-order valence-electron chi connectivity index (χ4n) is 2.90. The van der Waals surface area contributed by atoms with Gasteiger partial charge in [-0.05, 0) is 42.3 Å². The summed E-state index contributed by atoms with van der Waals surface area (Å²) >= 11 is 0. The summed E-state index contributed by atoms with van der Waals surface area (Å²) in [6.45, 7) is 2.64. The number of halogens is 3. The summed E-state index contributed by atoms with van der Waals surface area (Å²) in [6, 6.07) is 8.47. The number of carbonyl (C=O) groups excluding carboxylic acids is 1. The van der Waals surface area contributed by atoms with Crippen LogP contribution in [-0.4, -0.2) is 19.6 Å². The third-order valence-corrected chi connectivity index (χ3v) is 4.38. The first-order valence-corrected chi connectivity index (χ1v) is 8.89. The van der Waals surface area contributed by atoms with E-state index in [-0.39, 0.29) is 5.69 Å². The van der Waals surface area contributed by atoms with E-state index in [1.807, 2.05) is 0 Å². The zero-order chi connectivity index (χ0) is 20.3. The van der Waals surface area contributed by atoms with Crippen LogP contribution in [0.3, 0.4) is 0 Å². The molecule has 1 amide bonds. The molecule has 1 heterocycles. The summed E-state index contributed by atoms with van der Waals surface area (Å²) in [5.41, 5.74) is 0.754. The topological polar surface area (TPSA) is 47.6 Å². The van der Waals surface area contributed by atoms with Crippen molar-refractivity contribution in [3.05, 3.63) is 53.1 Å². The zero-order valence-electron chi connectivity index (χ0n) is 15.5. The molecule has 0 saturated carbocycles. The molecule has 2 aromatic rings. The fourth-order valence-corrected chi connectivity index (χ4v) is 2.90. The molecule has 0 radical (unpaired) electrons. The van der Waals surface area contributed by atoms with E-state index >= 15 is 0 Å². The number of rotatable bonds is 6. The van der Waals surface area contributed by atoms with E-state index in [1.54, 1.807) is 24.3 Å². The van der Waals surface area contributed by atoms with Gasteiger partial charge in [0.15, 0.2) is 11.5 Å². The number of hydrogen-bond donors (Lipinski definition) is 1. The van der Waals surface area contributed by atoms with E-state index < -0.39 is 17.6 Å². The predicted octanol–water partition coefficient (Wildman–Crippen LogP) is 5.39. The zero-order valence-corrected chi connectivity index (χ0v) is 15.5. The lowest BCUT2D eigenvalue weighted by atomic mass is 10.0. The third kappa shape index (κ3) is 4.13. The van der Waals surface area contributed by atoms with Crippen LogP contribution < -0.4 is 14.8 Å². The van der Waals surface area contributed by atoms with Crippen molar-refractivity contribution >= 4 is 23.2 Å². The lowest BCUT2D eigenvalue weighted by Gasteiger charge is -2.11. The Morgan fingerprint density at radius 1 is 1.11 bits per heavy atom. The second kappa shape index (κ2) is 7.96. The van der Waals surface area contributed by atoms with Crippen molar-refractivity contribution in [3.8, 4) is 11.5 Å². The van der Waals surface area contributed by atoms with Gasteiger partial charge in [-0.2, -0.15) is 13.2 Å². The maximum Gasteiger partial charge on any atom is 0.416 e. The van der Waals surface area contributed by atoms with Crippen molar-refractivity contribution in [2.75, 3.05) is 19.0 Å². The van der Waals surface area contributed by atoms with Crippen molar-refractivity contribution in [1.29, 1.82) is 0 Å². The Balaban J connectivity index is 1.91. The Hall–Kier alpha value is -2.96. The van der Waals surface area contributed by atoms with Crippen LogP contribution in [0.15, 0.2) is 36.4 Å². The highest BCUT2D eigenvalue weighted by Crippen LogP contribution is 2.39. The van der Waals surface area contributed by atoms with Crippen LogP contribution in [0.4, 0.5) is 18.9 Å². The summed E-state index contributed by atoms with van der Waals surface area (Å²) < 4.78 is 49.7. The first-order chi connectivity index (χ1) is 13.3. The molecule has 148 valence electrons. The maximum atomic E-state index is 12.9. The monoisotopic (exact) mass is 391 g/mol. The minimum atomic E-state index is -4.47. The summed E-state index contributed by atoms with van der Waals surface area (Å²) in [5.74, 6) is 0.678. The molecule has 3 rings (SSSR count). The molecule has 2 aromatic carbocycles. The van der Waals surface area contributed by atoms with Gasteiger partial charge >= 0.3 is 6.18 Å². The van der Waals surface area contributed by atoms with Gasteiger partial charge in [0.1, 0.15) is 0 Å². The van der Waals surface area contributed by atoms with Crippen LogP contribution in [0.1, 0.15) is 36.5 Å². The number of hydrogen-bond acceptors (Lipinski definition) is 3. The molecule has 1 aliphatic rings. The average molecular weight is 391 g/mol. The normalized spacial score (nSPS) is 14.8. The summed E-state index contributed by atoms with van der Waals surface area (Å²) in [7, 11) is 1.52. The number of anilines is 1. The molecule has 28 heavy (non-hydrogen) atoms. The van der Waals surface area contributed by atoms with Crippen LogP contribution in [0.25, 0.3) is 11.6 Å². The number of nitrogens with one attached hydrogen (secondary N) is 1.